The first-order chi connectivity index (χ1) is 7.66. The molecule has 1 aliphatic carbocycles. The van der Waals surface area contributed by atoms with Gasteiger partial charge in [-0.05, 0) is 32.1 Å². The van der Waals surface area contributed by atoms with Gasteiger partial charge in [0.15, 0.2) is 0 Å². The molecule has 1 heterocycles. The first-order valence-corrected chi connectivity index (χ1v) is 6.24. The second-order valence-electron chi connectivity index (χ2n) is 5.03. The van der Waals surface area contributed by atoms with Crippen LogP contribution in [0.25, 0.3) is 0 Å². The maximum atomic E-state index is 11.9. The molecule has 2 N–H and O–H groups in total. The van der Waals surface area contributed by atoms with Crippen molar-refractivity contribution in [2.24, 2.45) is 11.8 Å². The van der Waals surface area contributed by atoms with E-state index in [1.807, 2.05) is 0 Å². The minimum absolute atomic E-state index is 0.0276. The Morgan fingerprint density at radius 1 is 1.44 bits per heavy atom. The van der Waals surface area contributed by atoms with Crippen LogP contribution in [0, 0.1) is 11.8 Å². The molecule has 2 fully saturated rings. The standard InChI is InChI=1S/C12H20N2O2/c1-8(9-3-2-4-9)14-12(16)10-5-6-11(15)13-7-10/h8-10H,2-7H2,1H3,(H,13,15)(H,14,16). The zero-order valence-corrected chi connectivity index (χ0v) is 9.79. The number of hydrogen-bond acceptors (Lipinski definition) is 2. The topological polar surface area (TPSA) is 58.2 Å². The molecule has 2 rings (SSSR count). The largest absolute Gasteiger partial charge is 0.355 e. The second-order valence-corrected chi connectivity index (χ2v) is 5.03. The maximum Gasteiger partial charge on any atom is 0.225 e. The zero-order valence-electron chi connectivity index (χ0n) is 9.79. The second kappa shape index (κ2) is 4.85. The molecular weight excluding hydrogens is 204 g/mol. The Balaban J connectivity index is 1.76. The smallest absolute Gasteiger partial charge is 0.225 e. The van der Waals surface area contributed by atoms with Crippen molar-refractivity contribution in [2.75, 3.05) is 6.54 Å². The van der Waals surface area contributed by atoms with Crippen LogP contribution in [0.2, 0.25) is 0 Å². The Bertz CT molecular complexity index is 277. The molecule has 2 aliphatic rings. The number of carbonyl (C=O) groups is 2. The molecular formula is C12H20N2O2. The third-order valence-electron chi connectivity index (χ3n) is 3.86. The van der Waals surface area contributed by atoms with Crippen molar-refractivity contribution >= 4 is 11.8 Å². The van der Waals surface area contributed by atoms with Crippen molar-refractivity contribution in [1.82, 2.24) is 10.6 Å². The van der Waals surface area contributed by atoms with Gasteiger partial charge in [-0.25, -0.2) is 0 Å². The van der Waals surface area contributed by atoms with Crippen molar-refractivity contribution in [2.45, 2.75) is 45.1 Å². The van der Waals surface area contributed by atoms with Crippen LogP contribution >= 0.6 is 0 Å². The summed E-state index contributed by atoms with van der Waals surface area (Å²) in [6.45, 7) is 2.59. The zero-order chi connectivity index (χ0) is 11.5. The highest BCUT2D eigenvalue weighted by molar-refractivity contribution is 5.83. The van der Waals surface area contributed by atoms with Crippen molar-refractivity contribution in [3.8, 4) is 0 Å². The van der Waals surface area contributed by atoms with Gasteiger partial charge in [-0.15, -0.1) is 0 Å². The van der Waals surface area contributed by atoms with Crippen LogP contribution in [0.5, 0.6) is 0 Å². The van der Waals surface area contributed by atoms with E-state index in [1.165, 1.54) is 19.3 Å². The van der Waals surface area contributed by atoms with Gasteiger partial charge in [-0.2, -0.15) is 0 Å². The molecule has 2 unspecified atom stereocenters. The summed E-state index contributed by atoms with van der Waals surface area (Å²) in [7, 11) is 0. The van der Waals surface area contributed by atoms with Gasteiger partial charge in [0.2, 0.25) is 11.8 Å². The first kappa shape index (κ1) is 11.4. The van der Waals surface area contributed by atoms with Crippen LogP contribution in [-0.4, -0.2) is 24.4 Å². The fourth-order valence-electron chi connectivity index (χ4n) is 2.36. The van der Waals surface area contributed by atoms with E-state index in [0.717, 1.165) is 0 Å². The summed E-state index contributed by atoms with van der Waals surface area (Å²) in [4.78, 5) is 22.9. The minimum Gasteiger partial charge on any atom is -0.355 e. The van der Waals surface area contributed by atoms with E-state index in [2.05, 4.69) is 17.6 Å². The number of piperidine rings is 1. The third kappa shape index (κ3) is 2.54. The lowest BCUT2D eigenvalue weighted by molar-refractivity contribution is -0.129. The van der Waals surface area contributed by atoms with E-state index in [1.54, 1.807) is 0 Å². The van der Waals surface area contributed by atoms with E-state index < -0.39 is 0 Å². The molecule has 1 saturated heterocycles. The van der Waals surface area contributed by atoms with E-state index in [4.69, 9.17) is 0 Å². The van der Waals surface area contributed by atoms with Gasteiger partial charge in [0.1, 0.15) is 0 Å². The molecule has 0 bridgehead atoms. The van der Waals surface area contributed by atoms with Gasteiger partial charge in [-0.3, -0.25) is 9.59 Å². The summed E-state index contributed by atoms with van der Waals surface area (Å²) in [5.74, 6) is 0.817. The van der Waals surface area contributed by atoms with Crippen LogP contribution in [0.3, 0.4) is 0 Å². The number of rotatable bonds is 3. The molecule has 2 atom stereocenters. The van der Waals surface area contributed by atoms with Crippen molar-refractivity contribution < 1.29 is 9.59 Å². The Hall–Kier alpha value is -1.06. The lowest BCUT2D eigenvalue weighted by Crippen LogP contribution is -2.48. The summed E-state index contributed by atoms with van der Waals surface area (Å²) in [5, 5.41) is 5.82. The molecule has 0 spiro atoms. The van der Waals surface area contributed by atoms with E-state index in [9.17, 15) is 9.59 Å². The monoisotopic (exact) mass is 224 g/mol. The molecule has 4 nitrogen and oxygen atoms in total. The molecule has 1 aliphatic heterocycles. The van der Waals surface area contributed by atoms with E-state index in [-0.39, 0.29) is 17.7 Å². The Morgan fingerprint density at radius 2 is 2.19 bits per heavy atom. The first-order valence-electron chi connectivity index (χ1n) is 6.24. The van der Waals surface area contributed by atoms with E-state index in [0.29, 0.717) is 31.3 Å². The van der Waals surface area contributed by atoms with Crippen LogP contribution in [0.4, 0.5) is 0 Å². The summed E-state index contributed by atoms with van der Waals surface area (Å²) in [6, 6.07) is 0.291. The van der Waals surface area contributed by atoms with Crippen molar-refractivity contribution in [1.29, 1.82) is 0 Å². The van der Waals surface area contributed by atoms with Crippen molar-refractivity contribution in [3.63, 3.8) is 0 Å². The highest BCUT2D eigenvalue weighted by Crippen LogP contribution is 2.29. The molecule has 0 aromatic carbocycles. The molecule has 4 heteroatoms. The van der Waals surface area contributed by atoms with Gasteiger partial charge < -0.3 is 10.6 Å². The quantitative estimate of drug-likeness (QED) is 0.745. The van der Waals surface area contributed by atoms with Gasteiger partial charge in [0.05, 0.1) is 5.92 Å². The van der Waals surface area contributed by atoms with Gasteiger partial charge >= 0.3 is 0 Å². The van der Waals surface area contributed by atoms with Gasteiger partial charge in [0.25, 0.3) is 0 Å². The maximum absolute atomic E-state index is 11.9. The van der Waals surface area contributed by atoms with Gasteiger partial charge in [0, 0.05) is 19.0 Å². The predicted molar refractivity (Wildman–Crippen MR) is 60.7 cm³/mol. The van der Waals surface area contributed by atoms with E-state index >= 15 is 0 Å². The summed E-state index contributed by atoms with van der Waals surface area (Å²) < 4.78 is 0. The fraction of sp³-hybridized carbons (Fsp3) is 0.833. The number of carbonyl (C=O) groups excluding carboxylic acids is 2. The average Bonchev–Trinajstić information content (AvgIpc) is 2.15. The highest BCUT2D eigenvalue weighted by atomic mass is 16.2. The van der Waals surface area contributed by atoms with Crippen LogP contribution < -0.4 is 10.6 Å². The fourth-order valence-corrected chi connectivity index (χ4v) is 2.36. The summed E-state index contributed by atoms with van der Waals surface area (Å²) in [5.41, 5.74) is 0. The number of hydrogen-bond donors (Lipinski definition) is 2. The summed E-state index contributed by atoms with van der Waals surface area (Å²) >= 11 is 0. The minimum atomic E-state index is -0.0276. The third-order valence-corrected chi connectivity index (χ3v) is 3.86. The van der Waals surface area contributed by atoms with Crippen molar-refractivity contribution in [3.05, 3.63) is 0 Å². The van der Waals surface area contributed by atoms with Crippen LogP contribution in [0.1, 0.15) is 39.0 Å². The molecule has 0 aromatic rings. The number of amides is 2. The van der Waals surface area contributed by atoms with Crippen LogP contribution in [0.15, 0.2) is 0 Å². The number of nitrogens with one attached hydrogen (secondary N) is 2. The Morgan fingerprint density at radius 3 is 2.69 bits per heavy atom. The van der Waals surface area contributed by atoms with Gasteiger partial charge in [-0.1, -0.05) is 6.42 Å². The molecule has 16 heavy (non-hydrogen) atoms. The average molecular weight is 224 g/mol. The molecule has 2 amide bonds. The molecule has 0 aromatic heterocycles. The summed E-state index contributed by atoms with van der Waals surface area (Å²) in [6.07, 6.45) is 4.95. The molecule has 0 radical (unpaired) electrons. The SMILES string of the molecule is CC(NC(=O)C1CCC(=O)NC1)C1CCC1. The lowest BCUT2D eigenvalue weighted by Gasteiger charge is -2.33. The Kier molecular flexibility index (Phi) is 3.46. The highest BCUT2D eigenvalue weighted by Gasteiger charge is 2.29. The molecule has 90 valence electrons. The predicted octanol–water partition coefficient (Wildman–Crippen LogP) is 0.817. The normalized spacial score (nSPS) is 27.8. The Labute approximate surface area is 96.2 Å². The lowest BCUT2D eigenvalue weighted by atomic mass is 9.80. The molecule has 1 saturated carbocycles. The van der Waals surface area contributed by atoms with Crippen LogP contribution in [-0.2, 0) is 9.59 Å².